The number of halogens is 4. The van der Waals surface area contributed by atoms with E-state index in [0.29, 0.717) is 0 Å². The average Bonchev–Trinajstić information content (AvgIpc) is 2.16. The van der Waals surface area contributed by atoms with Gasteiger partial charge in [-0.3, -0.25) is 4.79 Å². The lowest BCUT2D eigenvalue weighted by molar-refractivity contribution is -0.137. The summed E-state index contributed by atoms with van der Waals surface area (Å²) in [6.45, 7) is 0. The number of carbonyl (C=O) groups excluding carboxylic acids is 1. The second kappa shape index (κ2) is 4.66. The summed E-state index contributed by atoms with van der Waals surface area (Å²) in [5.74, 6) is -0.638. The maximum atomic E-state index is 12.4. The Labute approximate surface area is 97.8 Å². The van der Waals surface area contributed by atoms with Crippen molar-refractivity contribution in [3.8, 4) is 6.07 Å². The number of hydrogen-bond donors (Lipinski definition) is 0. The van der Waals surface area contributed by atoms with Gasteiger partial charge in [0.1, 0.15) is 0 Å². The fourth-order valence-electron chi connectivity index (χ4n) is 1.08. The van der Waals surface area contributed by atoms with Crippen molar-refractivity contribution in [2.45, 2.75) is 12.6 Å². The first-order valence-electron chi connectivity index (χ1n) is 4.13. The summed E-state index contributed by atoms with van der Waals surface area (Å²) in [6.07, 6.45) is -4.94. The number of ketones is 1. The summed E-state index contributed by atoms with van der Waals surface area (Å²) in [4.78, 5) is 11.3. The molecule has 0 aliphatic carbocycles. The molecule has 1 aromatic rings. The number of nitrogens with zero attached hydrogens (tertiary/aromatic N) is 1. The molecule has 0 fully saturated rings. The molecule has 0 amide bonds. The second-order valence-corrected chi connectivity index (χ2v) is 3.80. The third kappa shape index (κ3) is 2.83. The zero-order valence-corrected chi connectivity index (χ0v) is 9.39. The van der Waals surface area contributed by atoms with Crippen LogP contribution in [0.1, 0.15) is 22.3 Å². The highest BCUT2D eigenvalue weighted by Gasteiger charge is 2.31. The molecule has 0 saturated heterocycles. The molecule has 0 atom stereocenters. The van der Waals surface area contributed by atoms with Crippen LogP contribution in [0.15, 0.2) is 22.7 Å². The van der Waals surface area contributed by atoms with Crippen LogP contribution in [-0.4, -0.2) is 5.78 Å². The highest BCUT2D eigenvalue weighted by Crippen LogP contribution is 2.32. The predicted molar refractivity (Wildman–Crippen MR) is 53.7 cm³/mol. The van der Waals surface area contributed by atoms with E-state index in [-0.39, 0.29) is 10.0 Å². The van der Waals surface area contributed by atoms with Crippen LogP contribution in [0, 0.1) is 11.3 Å². The Bertz CT molecular complexity index is 462. The molecule has 16 heavy (non-hydrogen) atoms. The van der Waals surface area contributed by atoms with E-state index in [0.717, 1.165) is 18.2 Å². The number of hydrogen-bond acceptors (Lipinski definition) is 2. The first-order valence-corrected chi connectivity index (χ1v) is 4.92. The van der Waals surface area contributed by atoms with E-state index in [1.54, 1.807) is 6.07 Å². The second-order valence-electron chi connectivity index (χ2n) is 2.95. The topological polar surface area (TPSA) is 40.9 Å². The lowest BCUT2D eigenvalue weighted by Gasteiger charge is -2.08. The smallest absolute Gasteiger partial charge is 0.293 e. The van der Waals surface area contributed by atoms with Gasteiger partial charge in [-0.2, -0.15) is 18.4 Å². The molecule has 0 N–H and O–H groups in total. The Morgan fingerprint density at radius 3 is 2.56 bits per heavy atom. The van der Waals surface area contributed by atoms with Crippen LogP contribution in [0.4, 0.5) is 13.2 Å². The molecule has 0 aliphatic heterocycles. The lowest BCUT2D eigenvalue weighted by atomic mass is 10.1. The largest absolute Gasteiger partial charge is 0.416 e. The van der Waals surface area contributed by atoms with Crippen LogP contribution in [0.2, 0.25) is 0 Å². The van der Waals surface area contributed by atoms with Crippen molar-refractivity contribution in [1.82, 2.24) is 0 Å². The molecule has 0 aromatic heterocycles. The van der Waals surface area contributed by atoms with Crippen molar-refractivity contribution in [2.75, 3.05) is 0 Å². The SMILES string of the molecule is N#CCC(=O)c1cc(C(F)(F)F)ccc1Br. The van der Waals surface area contributed by atoms with E-state index < -0.39 is 23.9 Å². The van der Waals surface area contributed by atoms with Crippen molar-refractivity contribution in [2.24, 2.45) is 0 Å². The molecule has 0 spiro atoms. The normalized spacial score (nSPS) is 10.9. The summed E-state index contributed by atoms with van der Waals surface area (Å²) in [7, 11) is 0. The molecule has 0 saturated carbocycles. The van der Waals surface area contributed by atoms with Gasteiger partial charge in [-0.15, -0.1) is 0 Å². The Morgan fingerprint density at radius 1 is 1.44 bits per heavy atom. The third-order valence-corrected chi connectivity index (χ3v) is 2.53. The number of nitriles is 1. The fourth-order valence-corrected chi connectivity index (χ4v) is 1.55. The van der Waals surface area contributed by atoms with Crippen molar-refractivity contribution in [1.29, 1.82) is 5.26 Å². The molecule has 1 aromatic carbocycles. The van der Waals surface area contributed by atoms with Crippen molar-refractivity contribution in [3.05, 3.63) is 33.8 Å². The third-order valence-electron chi connectivity index (χ3n) is 1.83. The summed E-state index contributed by atoms with van der Waals surface area (Å²) >= 11 is 2.97. The fraction of sp³-hybridized carbons (Fsp3) is 0.200. The van der Waals surface area contributed by atoms with Gasteiger partial charge in [0.25, 0.3) is 0 Å². The van der Waals surface area contributed by atoms with Gasteiger partial charge < -0.3 is 0 Å². The van der Waals surface area contributed by atoms with Crippen molar-refractivity contribution in [3.63, 3.8) is 0 Å². The number of alkyl halides is 3. The van der Waals surface area contributed by atoms with Crippen LogP contribution in [0.25, 0.3) is 0 Å². The minimum atomic E-state index is -4.50. The predicted octanol–water partition coefficient (Wildman–Crippen LogP) is 3.56. The Morgan fingerprint density at radius 2 is 2.06 bits per heavy atom. The molecule has 0 bridgehead atoms. The zero-order chi connectivity index (χ0) is 12.3. The Balaban J connectivity index is 3.20. The van der Waals surface area contributed by atoms with Gasteiger partial charge in [0.2, 0.25) is 0 Å². The maximum Gasteiger partial charge on any atom is 0.416 e. The molecular formula is C10H5BrF3NO. The van der Waals surface area contributed by atoms with Crippen LogP contribution in [0.3, 0.4) is 0 Å². The number of rotatable bonds is 2. The van der Waals surface area contributed by atoms with Gasteiger partial charge in [-0.1, -0.05) is 15.9 Å². The lowest BCUT2D eigenvalue weighted by Crippen LogP contribution is -2.08. The first-order chi connectivity index (χ1) is 7.36. The molecule has 0 heterocycles. The molecule has 6 heteroatoms. The van der Waals surface area contributed by atoms with Crippen LogP contribution in [-0.2, 0) is 6.18 Å². The molecule has 1 rings (SSSR count). The van der Waals surface area contributed by atoms with Crippen LogP contribution < -0.4 is 0 Å². The van der Waals surface area contributed by atoms with Crippen LogP contribution >= 0.6 is 15.9 Å². The zero-order valence-electron chi connectivity index (χ0n) is 7.81. The summed E-state index contributed by atoms with van der Waals surface area (Å²) in [5.41, 5.74) is -1.03. The molecule has 0 unspecified atom stereocenters. The van der Waals surface area contributed by atoms with Crippen LogP contribution in [0.5, 0.6) is 0 Å². The Hall–Kier alpha value is -1.35. The van der Waals surface area contributed by atoms with E-state index in [4.69, 9.17) is 5.26 Å². The van der Waals surface area contributed by atoms with Crippen molar-refractivity contribution >= 4 is 21.7 Å². The highest BCUT2D eigenvalue weighted by molar-refractivity contribution is 9.10. The molecule has 84 valence electrons. The van der Waals surface area contributed by atoms with E-state index >= 15 is 0 Å². The molecular weight excluding hydrogens is 287 g/mol. The number of Topliss-reactive ketones (excluding diaryl/α,β-unsaturated/α-hetero) is 1. The van der Waals surface area contributed by atoms with Gasteiger partial charge in [0.15, 0.2) is 5.78 Å². The minimum Gasteiger partial charge on any atom is -0.293 e. The molecule has 0 aliphatic rings. The van der Waals surface area contributed by atoms with E-state index in [9.17, 15) is 18.0 Å². The van der Waals surface area contributed by atoms with Gasteiger partial charge in [0.05, 0.1) is 18.1 Å². The standard InChI is InChI=1S/C10H5BrF3NO/c11-8-2-1-6(10(12,13)14)5-7(8)9(16)3-4-15/h1-2,5H,3H2. The monoisotopic (exact) mass is 291 g/mol. The Kier molecular flexibility index (Phi) is 3.70. The summed E-state index contributed by atoms with van der Waals surface area (Å²) in [6, 6.07) is 4.35. The van der Waals surface area contributed by atoms with Crippen molar-refractivity contribution < 1.29 is 18.0 Å². The highest BCUT2D eigenvalue weighted by atomic mass is 79.9. The number of carbonyl (C=O) groups is 1. The number of benzene rings is 1. The van der Waals surface area contributed by atoms with E-state index in [1.807, 2.05) is 0 Å². The van der Waals surface area contributed by atoms with Gasteiger partial charge in [0, 0.05) is 10.0 Å². The summed E-state index contributed by atoms with van der Waals surface area (Å²) in [5, 5.41) is 8.31. The first kappa shape index (κ1) is 12.7. The van der Waals surface area contributed by atoms with E-state index in [1.165, 1.54) is 0 Å². The van der Waals surface area contributed by atoms with Gasteiger partial charge in [-0.25, -0.2) is 0 Å². The maximum absolute atomic E-state index is 12.4. The molecule has 0 radical (unpaired) electrons. The average molecular weight is 292 g/mol. The van der Waals surface area contributed by atoms with Gasteiger partial charge in [-0.05, 0) is 18.2 Å². The molecule has 2 nitrogen and oxygen atoms in total. The van der Waals surface area contributed by atoms with Gasteiger partial charge >= 0.3 is 6.18 Å². The minimum absolute atomic E-state index is 0.128. The summed E-state index contributed by atoms with van der Waals surface area (Å²) < 4.78 is 37.3. The quantitative estimate of drug-likeness (QED) is 0.782. The van der Waals surface area contributed by atoms with E-state index in [2.05, 4.69) is 15.9 Å².